The number of carboxylic acid groups (broad SMARTS) is 1. The predicted octanol–water partition coefficient (Wildman–Crippen LogP) is 2.85. The minimum atomic E-state index is -1.05. The fourth-order valence-corrected chi connectivity index (χ4v) is 3.18. The van der Waals surface area contributed by atoms with Crippen LogP contribution >= 0.6 is 11.6 Å². The molecule has 2 aromatic rings. The van der Waals surface area contributed by atoms with Gasteiger partial charge in [0.15, 0.2) is 5.82 Å². The first-order valence-corrected chi connectivity index (χ1v) is 7.50. The summed E-state index contributed by atoms with van der Waals surface area (Å²) in [5.74, 6) is -1.74. The lowest BCUT2D eigenvalue weighted by atomic mass is 9.97. The normalized spacial score (nSPS) is 16.9. The number of carbonyl (C=O) groups is 1. The van der Waals surface area contributed by atoms with Gasteiger partial charge in [-0.1, -0.05) is 11.6 Å². The van der Waals surface area contributed by atoms with Crippen LogP contribution < -0.4 is 11.3 Å². The Morgan fingerprint density at radius 1 is 1.39 bits per heavy atom. The summed E-state index contributed by atoms with van der Waals surface area (Å²) in [6, 6.07) is 4.75. The molecule has 0 amide bonds. The van der Waals surface area contributed by atoms with Crippen LogP contribution in [0, 0.1) is 5.82 Å². The van der Waals surface area contributed by atoms with Gasteiger partial charge < -0.3 is 10.8 Å². The Kier molecular flexibility index (Phi) is 3.85. The highest BCUT2D eigenvalue weighted by molar-refractivity contribution is 6.31. The van der Waals surface area contributed by atoms with Crippen molar-refractivity contribution in [2.45, 2.75) is 25.3 Å². The van der Waals surface area contributed by atoms with Crippen LogP contribution in [0.15, 0.2) is 29.1 Å². The van der Waals surface area contributed by atoms with Crippen LogP contribution in [0.2, 0.25) is 5.02 Å². The molecule has 1 aromatic carbocycles. The molecule has 7 heteroatoms. The Morgan fingerprint density at radius 3 is 2.83 bits per heavy atom. The zero-order valence-corrected chi connectivity index (χ0v) is 12.8. The predicted molar refractivity (Wildman–Crippen MR) is 85.1 cm³/mol. The summed E-state index contributed by atoms with van der Waals surface area (Å²) >= 11 is 5.79. The molecule has 23 heavy (non-hydrogen) atoms. The maximum Gasteiger partial charge on any atom is 0.326 e. The molecule has 0 fully saturated rings. The monoisotopic (exact) mass is 336 g/mol. The molecule has 1 aliphatic heterocycles. The van der Waals surface area contributed by atoms with Gasteiger partial charge in [0.1, 0.15) is 6.04 Å². The van der Waals surface area contributed by atoms with Crippen molar-refractivity contribution in [1.29, 1.82) is 0 Å². The number of aromatic nitrogens is 1. The Morgan fingerprint density at radius 2 is 2.13 bits per heavy atom. The van der Waals surface area contributed by atoms with E-state index in [9.17, 15) is 19.1 Å². The van der Waals surface area contributed by atoms with Gasteiger partial charge in [0.25, 0.3) is 5.56 Å². The summed E-state index contributed by atoms with van der Waals surface area (Å²) in [6.07, 6.45) is 1.59. The van der Waals surface area contributed by atoms with E-state index in [0.29, 0.717) is 30.5 Å². The number of anilines is 1. The molecule has 1 aromatic heterocycles. The number of nitrogens with two attached hydrogens (primary N) is 1. The quantitative estimate of drug-likeness (QED) is 0.826. The summed E-state index contributed by atoms with van der Waals surface area (Å²) < 4.78 is 15.6. The second-order valence-electron chi connectivity index (χ2n) is 5.52. The summed E-state index contributed by atoms with van der Waals surface area (Å²) in [5.41, 5.74) is 6.44. The van der Waals surface area contributed by atoms with Crippen LogP contribution in [0.4, 0.5) is 10.1 Å². The molecule has 0 spiro atoms. The van der Waals surface area contributed by atoms with E-state index in [0.717, 1.165) is 0 Å². The Bertz CT molecular complexity index is 863. The molecule has 0 saturated carbocycles. The molecule has 1 aliphatic rings. The van der Waals surface area contributed by atoms with Crippen LogP contribution in [-0.2, 0) is 11.2 Å². The van der Waals surface area contributed by atoms with Gasteiger partial charge in [0.05, 0.1) is 5.02 Å². The van der Waals surface area contributed by atoms with Crippen molar-refractivity contribution in [3.8, 4) is 11.1 Å². The maximum atomic E-state index is 14.3. The highest BCUT2D eigenvalue weighted by atomic mass is 35.5. The third kappa shape index (κ3) is 2.59. The lowest BCUT2D eigenvalue weighted by Gasteiger charge is -2.25. The molecule has 3 rings (SSSR count). The third-order valence-corrected chi connectivity index (χ3v) is 4.36. The molecule has 2 heterocycles. The SMILES string of the molecule is Nc1ccc(Cl)c(F)c1-c1cc2n(c(=O)c1)C(C(=O)O)CCC2. The topological polar surface area (TPSA) is 85.3 Å². The number of nitrogen functional groups attached to an aromatic ring is 1. The highest BCUT2D eigenvalue weighted by Crippen LogP contribution is 2.34. The van der Waals surface area contributed by atoms with Crippen molar-refractivity contribution in [2.75, 3.05) is 5.73 Å². The first-order valence-electron chi connectivity index (χ1n) is 7.12. The van der Waals surface area contributed by atoms with Crippen molar-refractivity contribution in [2.24, 2.45) is 0 Å². The van der Waals surface area contributed by atoms with Crippen LogP contribution in [-0.4, -0.2) is 15.6 Å². The van der Waals surface area contributed by atoms with Gasteiger partial charge in [-0.2, -0.15) is 0 Å². The molecule has 1 unspecified atom stereocenters. The van der Waals surface area contributed by atoms with Crippen molar-refractivity contribution >= 4 is 23.3 Å². The number of hydrogen-bond donors (Lipinski definition) is 2. The molecule has 5 nitrogen and oxygen atoms in total. The van der Waals surface area contributed by atoms with E-state index in [2.05, 4.69) is 0 Å². The molecular formula is C16H14ClFN2O3. The molecular weight excluding hydrogens is 323 g/mol. The molecule has 3 N–H and O–H groups in total. The van der Waals surface area contributed by atoms with Gasteiger partial charge in [-0.05, 0) is 43.0 Å². The summed E-state index contributed by atoms with van der Waals surface area (Å²) in [5, 5.41) is 9.18. The molecule has 120 valence electrons. The minimum absolute atomic E-state index is 0.0652. The number of nitrogens with zero attached hydrogens (tertiary/aromatic N) is 1. The number of fused-ring (bicyclic) bond motifs is 1. The van der Waals surface area contributed by atoms with Gasteiger partial charge in [0.2, 0.25) is 0 Å². The first-order chi connectivity index (χ1) is 10.9. The molecule has 0 aliphatic carbocycles. The van der Waals surface area contributed by atoms with Gasteiger partial charge in [-0.3, -0.25) is 9.36 Å². The number of benzene rings is 1. The van der Waals surface area contributed by atoms with Crippen molar-refractivity contribution in [1.82, 2.24) is 4.57 Å². The molecule has 0 saturated heterocycles. The minimum Gasteiger partial charge on any atom is -0.480 e. The van der Waals surface area contributed by atoms with E-state index in [1.807, 2.05) is 0 Å². The van der Waals surface area contributed by atoms with Crippen molar-refractivity contribution in [3.63, 3.8) is 0 Å². The number of aryl methyl sites for hydroxylation is 1. The van der Waals surface area contributed by atoms with Gasteiger partial charge >= 0.3 is 5.97 Å². The second-order valence-corrected chi connectivity index (χ2v) is 5.92. The summed E-state index contributed by atoms with van der Waals surface area (Å²) in [6.45, 7) is 0. The zero-order chi connectivity index (χ0) is 16.7. The lowest BCUT2D eigenvalue weighted by molar-refractivity contribution is -0.141. The zero-order valence-electron chi connectivity index (χ0n) is 12.1. The smallest absolute Gasteiger partial charge is 0.326 e. The van der Waals surface area contributed by atoms with Crippen LogP contribution in [0.5, 0.6) is 0 Å². The first kappa shape index (κ1) is 15.6. The standard InChI is InChI=1S/C16H14ClFN2O3/c17-10-4-5-11(19)14(15(10)18)8-6-9-2-1-3-12(16(22)23)20(9)13(21)7-8/h4-7,12H,1-3,19H2,(H,22,23). The summed E-state index contributed by atoms with van der Waals surface area (Å²) in [7, 11) is 0. The van der Waals surface area contributed by atoms with E-state index >= 15 is 0 Å². The number of hydrogen-bond acceptors (Lipinski definition) is 3. The van der Waals surface area contributed by atoms with Crippen molar-refractivity contribution in [3.05, 3.63) is 51.2 Å². The van der Waals surface area contributed by atoms with E-state index in [-0.39, 0.29) is 16.3 Å². The number of carboxylic acids is 1. The number of aliphatic carboxylic acids is 1. The fourth-order valence-electron chi connectivity index (χ4n) is 3.02. The number of pyridine rings is 1. The highest BCUT2D eigenvalue weighted by Gasteiger charge is 2.27. The van der Waals surface area contributed by atoms with E-state index < -0.39 is 23.4 Å². The van der Waals surface area contributed by atoms with E-state index in [1.165, 1.54) is 22.8 Å². The number of halogens is 2. The maximum absolute atomic E-state index is 14.3. The van der Waals surface area contributed by atoms with Crippen molar-refractivity contribution < 1.29 is 14.3 Å². The summed E-state index contributed by atoms with van der Waals surface area (Å²) in [4.78, 5) is 23.7. The van der Waals surface area contributed by atoms with Crippen LogP contribution in [0.1, 0.15) is 24.6 Å². The molecule has 0 radical (unpaired) electrons. The van der Waals surface area contributed by atoms with Gasteiger partial charge in [-0.25, -0.2) is 9.18 Å². The second kappa shape index (κ2) is 5.70. The van der Waals surface area contributed by atoms with Gasteiger partial charge in [-0.15, -0.1) is 0 Å². The van der Waals surface area contributed by atoms with E-state index in [4.69, 9.17) is 17.3 Å². The molecule has 0 bridgehead atoms. The third-order valence-electron chi connectivity index (χ3n) is 4.07. The van der Waals surface area contributed by atoms with Gasteiger partial charge in [0, 0.05) is 23.0 Å². The average molecular weight is 337 g/mol. The van der Waals surface area contributed by atoms with Crippen LogP contribution in [0.25, 0.3) is 11.1 Å². The largest absolute Gasteiger partial charge is 0.480 e. The number of rotatable bonds is 2. The fraction of sp³-hybridized carbons (Fsp3) is 0.250. The Labute approximate surface area is 136 Å². The molecule has 1 atom stereocenters. The Hall–Kier alpha value is -2.34. The lowest BCUT2D eigenvalue weighted by Crippen LogP contribution is -2.34. The van der Waals surface area contributed by atoms with Crippen LogP contribution in [0.3, 0.4) is 0 Å². The Balaban J connectivity index is 2.23. The average Bonchev–Trinajstić information content (AvgIpc) is 2.50. The van der Waals surface area contributed by atoms with E-state index in [1.54, 1.807) is 6.07 Å².